The van der Waals surface area contributed by atoms with Crippen molar-refractivity contribution in [2.45, 2.75) is 0 Å². The molecule has 1 N–H and O–H groups in total. The molecule has 28 heavy (non-hydrogen) atoms. The minimum atomic E-state index is 0.0232. The van der Waals surface area contributed by atoms with Crippen molar-refractivity contribution in [2.75, 3.05) is 0 Å². The van der Waals surface area contributed by atoms with E-state index in [2.05, 4.69) is 41.1 Å². The van der Waals surface area contributed by atoms with Gasteiger partial charge in [0.15, 0.2) is 11.5 Å². The zero-order chi connectivity index (χ0) is 19.5. The molecule has 0 unspecified atom stereocenters. The van der Waals surface area contributed by atoms with Crippen molar-refractivity contribution in [1.29, 1.82) is 0 Å². The first-order valence-corrected chi connectivity index (χ1v) is 9.22. The van der Waals surface area contributed by atoms with Crippen LogP contribution in [0.5, 0.6) is 5.88 Å². The molecule has 0 bridgehead atoms. The van der Waals surface area contributed by atoms with Crippen LogP contribution in [0.3, 0.4) is 0 Å². The summed E-state index contributed by atoms with van der Waals surface area (Å²) in [5.74, 6) is 0.813. The largest absolute Gasteiger partial charge is 0.493 e. The molecule has 3 aromatic heterocycles. The number of rotatable bonds is 3. The number of fused-ring (bicyclic) bond motifs is 1. The van der Waals surface area contributed by atoms with Gasteiger partial charge in [-0.05, 0) is 42.5 Å². The number of pyridine rings is 2. The molecule has 0 aliphatic rings. The second kappa shape index (κ2) is 7.69. The monoisotopic (exact) mass is 434 g/mol. The van der Waals surface area contributed by atoms with Crippen LogP contribution in [0.15, 0.2) is 86.7 Å². The fourth-order valence-corrected chi connectivity index (χ4v) is 3.10. The highest BCUT2D eigenvalue weighted by molar-refractivity contribution is 9.10. The minimum absolute atomic E-state index is 0.0232. The average molecular weight is 435 g/mol. The number of aryl methyl sites for hydroxylation is 1. The summed E-state index contributed by atoms with van der Waals surface area (Å²) in [5.41, 5.74) is 1.76. The van der Waals surface area contributed by atoms with Crippen LogP contribution in [-0.2, 0) is 7.05 Å². The van der Waals surface area contributed by atoms with E-state index >= 15 is 0 Å². The Morgan fingerprint density at radius 3 is 2.54 bits per heavy atom. The third-order valence-corrected chi connectivity index (χ3v) is 4.61. The smallest absolute Gasteiger partial charge is 0.220 e. The van der Waals surface area contributed by atoms with Crippen molar-refractivity contribution in [3.05, 3.63) is 77.2 Å². The van der Waals surface area contributed by atoms with Crippen molar-refractivity contribution in [1.82, 2.24) is 14.5 Å². The zero-order valence-electron chi connectivity index (χ0n) is 14.9. The van der Waals surface area contributed by atoms with E-state index in [4.69, 9.17) is 0 Å². The molecule has 7 nitrogen and oxygen atoms in total. The number of amidine groups is 1. The van der Waals surface area contributed by atoms with Crippen LogP contribution >= 0.6 is 15.9 Å². The third-order valence-electron chi connectivity index (χ3n) is 4.11. The first kappa shape index (κ1) is 18.0. The fourth-order valence-electron chi connectivity index (χ4n) is 2.73. The Kier molecular flexibility index (Phi) is 4.94. The average Bonchev–Trinajstić information content (AvgIpc) is 2.96. The van der Waals surface area contributed by atoms with Gasteiger partial charge in [-0.25, -0.2) is 9.98 Å². The Morgan fingerprint density at radius 2 is 1.82 bits per heavy atom. The number of aromatic nitrogens is 3. The summed E-state index contributed by atoms with van der Waals surface area (Å²) in [6.07, 6.45) is 3.31. The quantitative estimate of drug-likeness (QED) is 0.269. The normalized spacial score (nSPS) is 12.1. The van der Waals surface area contributed by atoms with Gasteiger partial charge in [-0.15, -0.1) is 10.2 Å². The Balaban J connectivity index is 1.83. The Bertz CT molecular complexity index is 1190. The molecule has 4 aromatic rings. The molecule has 8 heteroatoms. The van der Waals surface area contributed by atoms with Crippen LogP contribution in [0.2, 0.25) is 0 Å². The number of aromatic hydroxyl groups is 1. The van der Waals surface area contributed by atoms with E-state index in [1.54, 1.807) is 36.1 Å². The minimum Gasteiger partial charge on any atom is -0.493 e. The van der Waals surface area contributed by atoms with E-state index in [-0.39, 0.29) is 5.88 Å². The molecular weight excluding hydrogens is 420 g/mol. The summed E-state index contributed by atoms with van der Waals surface area (Å²) in [5, 5.41) is 19.9. The molecule has 0 saturated heterocycles. The lowest BCUT2D eigenvalue weighted by Gasteiger charge is -2.00. The van der Waals surface area contributed by atoms with E-state index in [0.29, 0.717) is 23.0 Å². The summed E-state index contributed by atoms with van der Waals surface area (Å²) in [6, 6.07) is 16.6. The Morgan fingerprint density at radius 1 is 1.04 bits per heavy atom. The molecule has 3 heterocycles. The summed E-state index contributed by atoms with van der Waals surface area (Å²) < 4.78 is 2.54. The lowest BCUT2D eigenvalue weighted by atomic mass is 10.2. The maximum absolute atomic E-state index is 10.5. The van der Waals surface area contributed by atoms with E-state index in [9.17, 15) is 5.11 Å². The van der Waals surface area contributed by atoms with Crippen molar-refractivity contribution in [3.63, 3.8) is 0 Å². The van der Waals surface area contributed by atoms with Gasteiger partial charge in [0.2, 0.25) is 11.7 Å². The first-order chi connectivity index (χ1) is 13.6. The van der Waals surface area contributed by atoms with Crippen LogP contribution in [0.25, 0.3) is 10.9 Å². The SMILES string of the molecule is Cn1c(O)c(N=N/C(=N/c2ccccn2)c2ccccn2)c2cc(Br)ccc21. The highest BCUT2D eigenvalue weighted by atomic mass is 79.9. The van der Waals surface area contributed by atoms with Gasteiger partial charge in [0.25, 0.3) is 0 Å². The predicted molar refractivity (Wildman–Crippen MR) is 111 cm³/mol. The second-order valence-corrected chi connectivity index (χ2v) is 6.85. The van der Waals surface area contributed by atoms with Crippen LogP contribution in [0.4, 0.5) is 11.5 Å². The topological polar surface area (TPSA) is 88.0 Å². The second-order valence-electron chi connectivity index (χ2n) is 5.93. The number of azo groups is 1. The van der Waals surface area contributed by atoms with E-state index < -0.39 is 0 Å². The summed E-state index contributed by atoms with van der Waals surface area (Å²) >= 11 is 3.46. The van der Waals surface area contributed by atoms with E-state index in [0.717, 1.165) is 15.4 Å². The first-order valence-electron chi connectivity index (χ1n) is 8.43. The van der Waals surface area contributed by atoms with Crippen molar-refractivity contribution < 1.29 is 5.11 Å². The molecule has 0 amide bonds. The molecule has 0 saturated carbocycles. The van der Waals surface area contributed by atoms with Crippen LogP contribution in [0.1, 0.15) is 5.69 Å². The zero-order valence-corrected chi connectivity index (χ0v) is 16.4. The summed E-state index contributed by atoms with van der Waals surface area (Å²) in [6.45, 7) is 0. The molecule has 0 fully saturated rings. The fraction of sp³-hybridized carbons (Fsp3) is 0.0500. The van der Waals surface area contributed by atoms with Crippen LogP contribution in [-0.4, -0.2) is 25.5 Å². The van der Waals surface area contributed by atoms with Gasteiger partial charge in [0, 0.05) is 29.3 Å². The molecule has 0 spiro atoms. The standard InChI is InChI=1S/C20H15BrN6O/c1-27-16-9-8-13(21)12-14(16)18(20(27)28)25-26-19(15-6-2-4-10-22-15)24-17-7-3-5-11-23-17/h2-12,28H,1H3/b24-19+,26-25?. The van der Waals surface area contributed by atoms with Crippen LogP contribution in [0, 0.1) is 0 Å². The van der Waals surface area contributed by atoms with Gasteiger partial charge in [0.05, 0.1) is 5.52 Å². The molecule has 0 atom stereocenters. The number of halogens is 1. The lowest BCUT2D eigenvalue weighted by Crippen LogP contribution is -1.99. The van der Waals surface area contributed by atoms with Crippen molar-refractivity contribution in [3.8, 4) is 5.88 Å². The maximum atomic E-state index is 10.5. The van der Waals surface area contributed by atoms with Gasteiger partial charge < -0.3 is 9.67 Å². The Hall–Kier alpha value is -3.39. The van der Waals surface area contributed by atoms with Crippen molar-refractivity contribution >= 4 is 44.2 Å². The van der Waals surface area contributed by atoms with Gasteiger partial charge >= 0.3 is 0 Å². The maximum Gasteiger partial charge on any atom is 0.220 e. The number of benzene rings is 1. The van der Waals surface area contributed by atoms with Gasteiger partial charge in [-0.1, -0.05) is 28.1 Å². The summed E-state index contributed by atoms with van der Waals surface area (Å²) in [7, 11) is 1.77. The predicted octanol–water partition coefficient (Wildman–Crippen LogP) is 5.30. The number of hydrogen-bond acceptors (Lipinski definition) is 5. The Labute approximate surface area is 169 Å². The molecular formula is C20H15BrN6O. The van der Waals surface area contributed by atoms with Crippen LogP contribution < -0.4 is 0 Å². The molecule has 138 valence electrons. The lowest BCUT2D eigenvalue weighted by molar-refractivity contribution is 0.436. The van der Waals surface area contributed by atoms with Gasteiger partial charge in [-0.3, -0.25) is 4.98 Å². The highest BCUT2D eigenvalue weighted by Crippen LogP contribution is 2.39. The van der Waals surface area contributed by atoms with Gasteiger partial charge in [-0.2, -0.15) is 0 Å². The van der Waals surface area contributed by atoms with Gasteiger partial charge in [0.1, 0.15) is 5.69 Å². The summed E-state index contributed by atoms with van der Waals surface area (Å²) in [4.78, 5) is 13.0. The highest BCUT2D eigenvalue weighted by Gasteiger charge is 2.15. The third kappa shape index (κ3) is 3.54. The van der Waals surface area contributed by atoms with E-state index in [1.807, 2.05) is 42.5 Å². The number of aliphatic imine (C=N–C) groups is 1. The van der Waals surface area contributed by atoms with E-state index in [1.165, 1.54) is 0 Å². The van der Waals surface area contributed by atoms with Crippen molar-refractivity contribution in [2.24, 2.45) is 22.3 Å². The molecule has 0 radical (unpaired) electrons. The molecule has 1 aromatic carbocycles. The number of nitrogens with zero attached hydrogens (tertiary/aromatic N) is 6. The molecule has 0 aliphatic carbocycles. The number of hydrogen-bond donors (Lipinski definition) is 1. The molecule has 4 rings (SSSR count). The molecule has 0 aliphatic heterocycles.